The minimum atomic E-state index is 0.636. The van der Waals surface area contributed by atoms with E-state index in [0.29, 0.717) is 10.8 Å². The first kappa shape index (κ1) is 11.3. The lowest BCUT2D eigenvalue weighted by molar-refractivity contribution is 0.475. The average Bonchev–Trinajstić information content (AvgIpc) is 3.37. The molecule has 4 atom stereocenters. The third kappa shape index (κ3) is 0.857. The summed E-state index contributed by atoms with van der Waals surface area (Å²) in [5, 5.41) is 0. The third-order valence-electron chi connectivity index (χ3n) is 8.56. The first-order valence-electron chi connectivity index (χ1n) is 9.22. The summed E-state index contributed by atoms with van der Waals surface area (Å²) in [6.07, 6.45) is 16.1. The molecule has 2 spiro atoms. The molecule has 6 aliphatic carbocycles. The molecule has 0 aliphatic heterocycles. The molecule has 1 aromatic carbocycles. The van der Waals surface area contributed by atoms with Crippen molar-refractivity contribution in [2.45, 2.75) is 63.2 Å². The highest BCUT2D eigenvalue weighted by atomic mass is 14.7. The van der Waals surface area contributed by atoms with Crippen LogP contribution in [0.15, 0.2) is 24.3 Å². The van der Waals surface area contributed by atoms with Crippen LogP contribution >= 0.6 is 0 Å². The van der Waals surface area contributed by atoms with Crippen molar-refractivity contribution in [3.63, 3.8) is 0 Å². The van der Waals surface area contributed by atoms with Gasteiger partial charge in [0.2, 0.25) is 0 Å². The van der Waals surface area contributed by atoms with E-state index in [1.165, 1.54) is 25.7 Å². The van der Waals surface area contributed by atoms with Crippen molar-refractivity contribution >= 4 is 0 Å². The van der Waals surface area contributed by atoms with Gasteiger partial charge in [-0.15, -0.1) is 0 Å². The molecule has 22 heavy (non-hydrogen) atoms. The molecule has 0 radical (unpaired) electrons. The van der Waals surface area contributed by atoms with E-state index in [1.807, 2.05) is 0 Å². The van der Waals surface area contributed by atoms with Crippen LogP contribution in [0.2, 0.25) is 0 Å². The summed E-state index contributed by atoms with van der Waals surface area (Å²) in [6, 6.07) is 0. The quantitative estimate of drug-likeness (QED) is 0.563. The van der Waals surface area contributed by atoms with E-state index in [4.69, 9.17) is 0 Å². The van der Waals surface area contributed by atoms with Crippen LogP contribution in [0.3, 0.4) is 0 Å². The molecule has 0 heterocycles. The summed E-state index contributed by atoms with van der Waals surface area (Å²) in [5.74, 6) is 3.04. The number of hydrogen-bond donors (Lipinski definition) is 0. The molecule has 4 bridgehead atoms. The first-order valence-corrected chi connectivity index (χ1v) is 9.22. The van der Waals surface area contributed by atoms with Crippen LogP contribution in [0.1, 0.15) is 82.7 Å². The maximum atomic E-state index is 2.56. The maximum absolute atomic E-state index is 2.56. The van der Waals surface area contributed by atoms with E-state index >= 15 is 0 Å². The number of allylic oxidation sites excluding steroid dienone is 4. The number of benzene rings is 1. The molecular formula is C22H22. The highest BCUT2D eigenvalue weighted by molar-refractivity contribution is 5.70. The molecule has 6 aliphatic rings. The van der Waals surface area contributed by atoms with Gasteiger partial charge >= 0.3 is 0 Å². The van der Waals surface area contributed by atoms with Crippen LogP contribution in [-0.4, -0.2) is 0 Å². The number of rotatable bonds is 0. The molecular weight excluding hydrogens is 264 g/mol. The normalized spacial score (nSPS) is 40.8. The molecule has 1 aromatic rings. The van der Waals surface area contributed by atoms with Gasteiger partial charge in [0, 0.05) is 23.7 Å². The van der Waals surface area contributed by atoms with E-state index in [9.17, 15) is 0 Å². The number of hydrogen-bond acceptors (Lipinski definition) is 0. The van der Waals surface area contributed by atoms with Gasteiger partial charge in [0.15, 0.2) is 0 Å². The zero-order valence-corrected chi connectivity index (χ0v) is 13.4. The van der Waals surface area contributed by atoms with E-state index < -0.39 is 0 Å². The van der Waals surface area contributed by atoms with Crippen LogP contribution < -0.4 is 0 Å². The standard InChI is InChI=1S/C22H22/c1-11-17-13-3-5-15(21(13)7-8-21)19(17)12(2)20-16-6-4-14(18(11)20)22(16)9-10-22/h3-6,13-16H,7-10H2,1-2H3. The van der Waals surface area contributed by atoms with Gasteiger partial charge in [-0.05, 0) is 83.7 Å². The van der Waals surface area contributed by atoms with Crippen LogP contribution in [0.5, 0.6) is 0 Å². The van der Waals surface area contributed by atoms with Gasteiger partial charge < -0.3 is 0 Å². The Morgan fingerprint density at radius 1 is 0.591 bits per heavy atom. The minimum absolute atomic E-state index is 0.636. The largest absolute Gasteiger partial charge is 0.0798 e. The second kappa shape index (κ2) is 2.90. The Labute approximate surface area is 132 Å². The van der Waals surface area contributed by atoms with Crippen LogP contribution in [-0.2, 0) is 0 Å². The second-order valence-corrected chi connectivity index (χ2v) is 9.05. The lowest BCUT2D eigenvalue weighted by Crippen LogP contribution is -2.08. The zero-order chi connectivity index (χ0) is 14.4. The minimum Gasteiger partial charge on any atom is -0.0798 e. The Balaban J connectivity index is 1.59. The topological polar surface area (TPSA) is 0 Å². The Bertz CT molecular complexity index is 713. The molecule has 0 N–H and O–H groups in total. The van der Waals surface area contributed by atoms with E-state index in [0.717, 1.165) is 23.7 Å². The molecule has 0 heteroatoms. The molecule has 0 nitrogen and oxygen atoms in total. The van der Waals surface area contributed by atoms with Crippen molar-refractivity contribution in [2.24, 2.45) is 10.8 Å². The highest BCUT2D eigenvalue weighted by Gasteiger charge is 2.66. The summed E-state index contributed by atoms with van der Waals surface area (Å²) in [5.41, 5.74) is 11.8. The van der Waals surface area contributed by atoms with Gasteiger partial charge in [-0.3, -0.25) is 0 Å². The molecule has 110 valence electrons. The fraction of sp³-hybridized carbons (Fsp3) is 0.545. The Morgan fingerprint density at radius 2 is 0.864 bits per heavy atom. The van der Waals surface area contributed by atoms with Crippen molar-refractivity contribution in [3.8, 4) is 0 Å². The fourth-order valence-electron chi connectivity index (χ4n) is 7.37. The van der Waals surface area contributed by atoms with E-state index in [2.05, 4.69) is 38.2 Å². The first-order chi connectivity index (χ1) is 10.7. The molecule has 2 saturated carbocycles. The summed E-state index contributed by atoms with van der Waals surface area (Å²) in [4.78, 5) is 0. The van der Waals surface area contributed by atoms with Crippen molar-refractivity contribution in [3.05, 3.63) is 57.7 Å². The fourth-order valence-corrected chi connectivity index (χ4v) is 7.37. The van der Waals surface area contributed by atoms with Crippen molar-refractivity contribution < 1.29 is 0 Å². The summed E-state index contributed by atoms with van der Waals surface area (Å²) >= 11 is 0. The SMILES string of the molecule is Cc1c2c(c(C)c3c1C1C=CC3C13CC3)C1C=CC2C12CC2. The predicted octanol–water partition coefficient (Wildman–Crippen LogP) is 5.37. The van der Waals surface area contributed by atoms with E-state index in [-0.39, 0.29) is 0 Å². The Hall–Kier alpha value is -1.30. The Kier molecular flexibility index (Phi) is 1.49. The second-order valence-electron chi connectivity index (χ2n) is 9.05. The molecule has 7 rings (SSSR count). The van der Waals surface area contributed by atoms with Gasteiger partial charge in [0.1, 0.15) is 0 Å². The number of fused-ring (bicyclic) bond motifs is 6. The lowest BCUT2D eigenvalue weighted by Gasteiger charge is -2.25. The molecule has 4 unspecified atom stereocenters. The van der Waals surface area contributed by atoms with Gasteiger partial charge in [-0.25, -0.2) is 0 Å². The molecule has 0 saturated heterocycles. The highest BCUT2D eigenvalue weighted by Crippen LogP contribution is 2.78. The zero-order valence-electron chi connectivity index (χ0n) is 13.4. The van der Waals surface area contributed by atoms with Crippen molar-refractivity contribution in [2.75, 3.05) is 0 Å². The van der Waals surface area contributed by atoms with Gasteiger partial charge in [0.25, 0.3) is 0 Å². The summed E-state index contributed by atoms with van der Waals surface area (Å²) in [6.45, 7) is 4.93. The van der Waals surface area contributed by atoms with Crippen LogP contribution in [0.25, 0.3) is 0 Å². The summed E-state index contributed by atoms with van der Waals surface area (Å²) in [7, 11) is 0. The monoisotopic (exact) mass is 286 g/mol. The average molecular weight is 286 g/mol. The van der Waals surface area contributed by atoms with Gasteiger partial charge in [-0.1, -0.05) is 24.3 Å². The lowest BCUT2D eigenvalue weighted by atomic mass is 9.80. The van der Waals surface area contributed by atoms with Crippen molar-refractivity contribution in [1.82, 2.24) is 0 Å². The summed E-state index contributed by atoms with van der Waals surface area (Å²) < 4.78 is 0. The van der Waals surface area contributed by atoms with Crippen LogP contribution in [0.4, 0.5) is 0 Å². The smallest absolute Gasteiger partial charge is 0.00893 e. The van der Waals surface area contributed by atoms with Gasteiger partial charge in [-0.2, -0.15) is 0 Å². The molecule has 2 fully saturated rings. The Morgan fingerprint density at radius 3 is 1.09 bits per heavy atom. The van der Waals surface area contributed by atoms with Gasteiger partial charge in [0.05, 0.1) is 0 Å². The molecule has 0 aromatic heterocycles. The van der Waals surface area contributed by atoms with Crippen molar-refractivity contribution in [1.29, 1.82) is 0 Å². The third-order valence-corrected chi connectivity index (χ3v) is 8.56. The predicted molar refractivity (Wildman–Crippen MR) is 88.5 cm³/mol. The van der Waals surface area contributed by atoms with Crippen LogP contribution in [0, 0.1) is 24.7 Å². The maximum Gasteiger partial charge on any atom is 0.00893 e. The van der Waals surface area contributed by atoms with E-state index in [1.54, 1.807) is 33.4 Å². The molecule has 0 amide bonds.